The molecule has 4 N–H and O–H groups in total. The van der Waals surface area contributed by atoms with Crippen LogP contribution in [0.4, 0.5) is 15.8 Å². The van der Waals surface area contributed by atoms with Gasteiger partial charge >= 0.3 is 11.9 Å². The van der Waals surface area contributed by atoms with Crippen LogP contribution in [-0.2, 0) is 0 Å². The molecule has 0 aliphatic rings. The summed E-state index contributed by atoms with van der Waals surface area (Å²) < 4.78 is 30.5. The Morgan fingerprint density at radius 3 is 1.84 bits per heavy atom. The minimum absolute atomic E-state index is 0.00662. The van der Waals surface area contributed by atoms with Crippen LogP contribution in [0, 0.1) is 5.82 Å². The molecule has 188 valence electrons. The first kappa shape index (κ1) is 24.3. The second-order valence-electron chi connectivity index (χ2n) is 8.34. The highest BCUT2D eigenvalue weighted by molar-refractivity contribution is 5.93. The average Bonchev–Trinajstić information content (AvgIpc) is 2.89. The van der Waals surface area contributed by atoms with Gasteiger partial charge in [0.15, 0.2) is 5.43 Å². The van der Waals surface area contributed by atoms with Crippen LogP contribution in [-0.4, -0.2) is 11.9 Å². The Hall–Kier alpha value is -5.44. The number of nitrogen functional groups attached to an aromatic ring is 2. The predicted molar refractivity (Wildman–Crippen MR) is 140 cm³/mol. The van der Waals surface area contributed by atoms with Gasteiger partial charge in [-0.1, -0.05) is 12.1 Å². The number of hydrogen-bond donors (Lipinski definition) is 2. The molecule has 8 nitrogen and oxygen atoms in total. The molecule has 1 heterocycles. The summed E-state index contributed by atoms with van der Waals surface area (Å²) in [5.41, 5.74) is 12.6. The fourth-order valence-electron chi connectivity index (χ4n) is 3.77. The monoisotopic (exact) mass is 510 g/mol. The number of nitrogens with two attached hydrogens (primary N) is 2. The Labute approximate surface area is 214 Å². The van der Waals surface area contributed by atoms with Gasteiger partial charge in [-0.15, -0.1) is 0 Å². The highest BCUT2D eigenvalue weighted by atomic mass is 19.1. The van der Waals surface area contributed by atoms with Crippen molar-refractivity contribution in [3.8, 4) is 22.8 Å². The Morgan fingerprint density at radius 2 is 1.29 bits per heavy atom. The van der Waals surface area contributed by atoms with Crippen molar-refractivity contribution >= 4 is 34.3 Å². The summed E-state index contributed by atoms with van der Waals surface area (Å²) in [7, 11) is 0. The van der Waals surface area contributed by atoms with E-state index in [0.717, 1.165) is 12.1 Å². The van der Waals surface area contributed by atoms with Crippen molar-refractivity contribution in [3.05, 3.63) is 118 Å². The molecule has 0 unspecified atom stereocenters. The Kier molecular flexibility index (Phi) is 6.32. The van der Waals surface area contributed by atoms with Crippen molar-refractivity contribution < 1.29 is 27.9 Å². The second-order valence-corrected chi connectivity index (χ2v) is 8.34. The SMILES string of the molecule is Nc1cccc(C(=O)Oc2cc(OC(=O)c3cccc(N)c3)cc(-c3cc(=O)c4cc(F)ccc4o3)c2)c1. The molecule has 0 atom stereocenters. The zero-order valence-electron chi connectivity index (χ0n) is 19.6. The van der Waals surface area contributed by atoms with E-state index < -0.39 is 23.2 Å². The number of halogens is 1. The van der Waals surface area contributed by atoms with Crippen molar-refractivity contribution in [2.75, 3.05) is 11.5 Å². The van der Waals surface area contributed by atoms with E-state index in [0.29, 0.717) is 11.4 Å². The lowest BCUT2D eigenvalue weighted by molar-refractivity contribution is 0.0733. The predicted octanol–water partition coefficient (Wildman–Crippen LogP) is 5.20. The quantitative estimate of drug-likeness (QED) is 0.187. The summed E-state index contributed by atoms with van der Waals surface area (Å²) in [4.78, 5) is 38.2. The molecular weight excluding hydrogens is 491 g/mol. The van der Waals surface area contributed by atoms with Crippen LogP contribution in [0.25, 0.3) is 22.3 Å². The van der Waals surface area contributed by atoms with Gasteiger partial charge in [-0.25, -0.2) is 14.0 Å². The Balaban J connectivity index is 1.56. The van der Waals surface area contributed by atoms with Crippen LogP contribution in [0.1, 0.15) is 20.7 Å². The minimum atomic E-state index is -0.710. The van der Waals surface area contributed by atoms with Gasteiger partial charge in [-0.3, -0.25) is 4.79 Å². The molecular formula is C29H19FN2O6. The lowest BCUT2D eigenvalue weighted by Gasteiger charge is -2.11. The number of anilines is 2. The van der Waals surface area contributed by atoms with E-state index in [4.69, 9.17) is 25.4 Å². The minimum Gasteiger partial charge on any atom is -0.456 e. The normalized spacial score (nSPS) is 10.8. The molecule has 0 saturated carbocycles. The Bertz CT molecular complexity index is 1700. The van der Waals surface area contributed by atoms with E-state index in [1.807, 2.05) is 0 Å². The fourth-order valence-corrected chi connectivity index (χ4v) is 3.77. The van der Waals surface area contributed by atoms with E-state index in [9.17, 15) is 18.8 Å². The van der Waals surface area contributed by atoms with Crippen molar-refractivity contribution in [1.82, 2.24) is 0 Å². The van der Waals surface area contributed by atoms with Crippen molar-refractivity contribution in [1.29, 1.82) is 0 Å². The average molecular weight is 510 g/mol. The first-order valence-corrected chi connectivity index (χ1v) is 11.3. The molecule has 0 bridgehead atoms. The maximum absolute atomic E-state index is 13.6. The van der Waals surface area contributed by atoms with Crippen LogP contribution in [0.2, 0.25) is 0 Å². The highest BCUT2D eigenvalue weighted by Gasteiger charge is 2.17. The standard InChI is InChI=1S/C29H19FN2O6/c30-19-7-8-26-24(13-19)25(33)15-27(38-26)18-11-22(36-28(34)16-3-1-5-20(31)9-16)14-23(12-18)37-29(35)17-4-2-6-21(32)10-17/h1-15H,31-32H2. The van der Waals surface area contributed by atoms with Crippen molar-refractivity contribution in [2.45, 2.75) is 0 Å². The van der Waals surface area contributed by atoms with E-state index in [-0.39, 0.29) is 44.9 Å². The van der Waals surface area contributed by atoms with Crippen LogP contribution >= 0.6 is 0 Å². The molecule has 0 saturated heterocycles. The number of fused-ring (bicyclic) bond motifs is 1. The van der Waals surface area contributed by atoms with Gasteiger partial charge in [0.2, 0.25) is 0 Å². The van der Waals surface area contributed by atoms with Crippen LogP contribution in [0.3, 0.4) is 0 Å². The number of esters is 2. The number of benzene rings is 4. The molecule has 4 aromatic carbocycles. The summed E-state index contributed by atoms with van der Waals surface area (Å²) in [6, 6.07) is 21.4. The fraction of sp³-hybridized carbons (Fsp3) is 0. The Morgan fingerprint density at radius 1 is 0.711 bits per heavy atom. The smallest absolute Gasteiger partial charge is 0.343 e. The summed E-state index contributed by atoms with van der Waals surface area (Å²) >= 11 is 0. The van der Waals surface area contributed by atoms with Crippen LogP contribution in [0.15, 0.2) is 100 Å². The number of hydrogen-bond acceptors (Lipinski definition) is 8. The number of ether oxygens (including phenoxy) is 2. The maximum Gasteiger partial charge on any atom is 0.343 e. The summed E-state index contributed by atoms with van der Waals surface area (Å²) in [5, 5.41) is 0.0614. The van der Waals surface area contributed by atoms with Crippen LogP contribution < -0.4 is 26.4 Å². The van der Waals surface area contributed by atoms with Gasteiger partial charge in [0.05, 0.1) is 16.5 Å². The topological polar surface area (TPSA) is 135 Å². The molecule has 5 aromatic rings. The maximum atomic E-state index is 13.6. The summed E-state index contributed by atoms with van der Waals surface area (Å²) in [5.74, 6) is -1.91. The van der Waals surface area contributed by atoms with Gasteiger partial charge in [0, 0.05) is 29.1 Å². The van der Waals surface area contributed by atoms with Gasteiger partial charge < -0.3 is 25.4 Å². The largest absolute Gasteiger partial charge is 0.456 e. The number of rotatable bonds is 5. The van der Waals surface area contributed by atoms with Gasteiger partial charge in [0.25, 0.3) is 0 Å². The molecule has 38 heavy (non-hydrogen) atoms. The summed E-state index contributed by atoms with van der Waals surface area (Å²) in [6.45, 7) is 0. The van der Waals surface area contributed by atoms with Crippen LogP contribution in [0.5, 0.6) is 11.5 Å². The first-order chi connectivity index (χ1) is 18.2. The molecule has 0 spiro atoms. The highest BCUT2D eigenvalue weighted by Crippen LogP contribution is 2.32. The molecule has 0 aliphatic heterocycles. The zero-order valence-corrected chi connectivity index (χ0v) is 19.6. The van der Waals surface area contributed by atoms with Gasteiger partial charge in [-0.05, 0) is 66.7 Å². The molecule has 0 amide bonds. The molecule has 5 rings (SSSR count). The lowest BCUT2D eigenvalue weighted by Crippen LogP contribution is -2.11. The number of carbonyl (C=O) groups excluding carboxylic acids is 2. The second kappa shape index (κ2) is 9.90. The molecule has 0 radical (unpaired) electrons. The summed E-state index contributed by atoms with van der Waals surface area (Å²) in [6.07, 6.45) is 0. The third-order valence-electron chi connectivity index (χ3n) is 5.52. The van der Waals surface area contributed by atoms with E-state index in [2.05, 4.69) is 0 Å². The first-order valence-electron chi connectivity index (χ1n) is 11.3. The molecule has 0 fully saturated rings. The van der Waals surface area contributed by atoms with Gasteiger partial charge in [0.1, 0.15) is 28.7 Å². The van der Waals surface area contributed by atoms with Crippen molar-refractivity contribution in [2.24, 2.45) is 0 Å². The number of carbonyl (C=O) groups is 2. The van der Waals surface area contributed by atoms with E-state index >= 15 is 0 Å². The molecule has 0 aliphatic carbocycles. The van der Waals surface area contributed by atoms with Crippen molar-refractivity contribution in [3.63, 3.8) is 0 Å². The molecule has 1 aromatic heterocycles. The third-order valence-corrected chi connectivity index (χ3v) is 5.52. The lowest BCUT2D eigenvalue weighted by atomic mass is 10.1. The van der Waals surface area contributed by atoms with Gasteiger partial charge in [-0.2, -0.15) is 0 Å². The molecule has 9 heteroatoms. The van der Waals surface area contributed by atoms with E-state index in [1.54, 1.807) is 24.3 Å². The zero-order chi connectivity index (χ0) is 26.8. The third kappa shape index (κ3) is 5.21. The van der Waals surface area contributed by atoms with E-state index in [1.165, 1.54) is 54.6 Å².